The van der Waals surface area contributed by atoms with Crippen molar-refractivity contribution in [2.45, 2.75) is 30.6 Å². The van der Waals surface area contributed by atoms with E-state index in [4.69, 9.17) is 4.74 Å². The van der Waals surface area contributed by atoms with E-state index >= 15 is 0 Å². The van der Waals surface area contributed by atoms with E-state index in [2.05, 4.69) is 17.6 Å². The van der Waals surface area contributed by atoms with Gasteiger partial charge in [-0.05, 0) is 37.7 Å². The van der Waals surface area contributed by atoms with Crippen LogP contribution in [0.2, 0.25) is 0 Å². The highest BCUT2D eigenvalue weighted by atomic mass is 32.2. The minimum Gasteiger partial charge on any atom is -0.477 e. The highest BCUT2D eigenvalue weighted by molar-refractivity contribution is 8.00. The van der Waals surface area contributed by atoms with Gasteiger partial charge in [0.2, 0.25) is 0 Å². The van der Waals surface area contributed by atoms with Crippen LogP contribution in [0.25, 0.3) is 0 Å². The van der Waals surface area contributed by atoms with Crippen LogP contribution in [0.15, 0.2) is 24.3 Å². The fourth-order valence-corrected chi connectivity index (χ4v) is 3.87. The summed E-state index contributed by atoms with van der Waals surface area (Å²) in [7, 11) is 0. The molecule has 3 rings (SSSR count). The van der Waals surface area contributed by atoms with Gasteiger partial charge in [-0.1, -0.05) is 12.1 Å². The summed E-state index contributed by atoms with van der Waals surface area (Å²) in [5.41, 5.74) is 0.954. The van der Waals surface area contributed by atoms with Crippen molar-refractivity contribution in [2.24, 2.45) is 0 Å². The van der Waals surface area contributed by atoms with Gasteiger partial charge < -0.3 is 15.4 Å². The molecule has 1 amide bonds. The summed E-state index contributed by atoms with van der Waals surface area (Å²) < 4.78 is 5.95. The second kappa shape index (κ2) is 5.56. The monoisotopic (exact) mass is 292 g/mol. The Morgan fingerprint density at radius 2 is 2.40 bits per heavy atom. The summed E-state index contributed by atoms with van der Waals surface area (Å²) in [6.07, 6.45) is 1.97. The molecule has 2 heterocycles. The first-order valence-electron chi connectivity index (χ1n) is 7.08. The molecule has 2 aliphatic rings. The lowest BCUT2D eigenvalue weighted by atomic mass is 10.1. The van der Waals surface area contributed by atoms with E-state index in [0.717, 1.165) is 18.0 Å². The maximum Gasteiger partial charge on any atom is 0.262 e. The van der Waals surface area contributed by atoms with Gasteiger partial charge in [-0.2, -0.15) is 11.8 Å². The van der Waals surface area contributed by atoms with Crippen LogP contribution in [0, 0.1) is 0 Å². The van der Waals surface area contributed by atoms with Crippen LogP contribution >= 0.6 is 11.8 Å². The van der Waals surface area contributed by atoms with Gasteiger partial charge in [0.1, 0.15) is 5.75 Å². The highest BCUT2D eigenvalue weighted by Gasteiger charge is 2.32. The number of ether oxygens (including phenoxy) is 1. The number of hydrogen-bond acceptors (Lipinski definition) is 4. The van der Waals surface area contributed by atoms with Crippen LogP contribution < -0.4 is 15.4 Å². The Kier molecular flexibility index (Phi) is 3.78. The maximum absolute atomic E-state index is 12.2. The number of carbonyl (C=O) groups is 1. The van der Waals surface area contributed by atoms with Crippen molar-refractivity contribution in [3.8, 4) is 5.75 Å². The van der Waals surface area contributed by atoms with E-state index in [9.17, 15) is 4.79 Å². The van der Waals surface area contributed by atoms with Gasteiger partial charge in [0.25, 0.3) is 5.91 Å². The number of thioether (sulfide) groups is 1. The zero-order valence-corrected chi connectivity index (χ0v) is 12.5. The predicted octanol–water partition coefficient (Wildman–Crippen LogP) is 2.26. The van der Waals surface area contributed by atoms with E-state index in [1.165, 1.54) is 18.6 Å². The van der Waals surface area contributed by atoms with Gasteiger partial charge in [0.15, 0.2) is 6.10 Å². The second-order valence-corrected chi connectivity index (χ2v) is 7.29. The molecule has 2 N–H and O–H groups in total. The number of anilines is 1. The van der Waals surface area contributed by atoms with Crippen molar-refractivity contribution in [3.05, 3.63) is 24.3 Å². The molecule has 2 atom stereocenters. The Hall–Kier alpha value is -1.36. The summed E-state index contributed by atoms with van der Waals surface area (Å²) in [4.78, 5) is 12.2. The van der Waals surface area contributed by atoms with E-state index < -0.39 is 6.10 Å². The fraction of sp³-hybridized carbons (Fsp3) is 0.533. The predicted molar refractivity (Wildman–Crippen MR) is 82.5 cm³/mol. The number of hydrogen-bond donors (Lipinski definition) is 2. The average molecular weight is 292 g/mol. The summed E-state index contributed by atoms with van der Waals surface area (Å²) in [5, 5.41) is 6.28. The summed E-state index contributed by atoms with van der Waals surface area (Å²) in [5.74, 6) is 1.92. The molecule has 0 aromatic heterocycles. The van der Waals surface area contributed by atoms with Gasteiger partial charge in [0.05, 0.1) is 12.2 Å². The summed E-state index contributed by atoms with van der Waals surface area (Å²) in [6.45, 7) is 3.46. The molecule has 108 valence electrons. The third kappa shape index (κ3) is 2.87. The van der Waals surface area contributed by atoms with Crippen LogP contribution in [-0.2, 0) is 4.79 Å². The number of carbonyl (C=O) groups excluding carboxylic acids is 1. The molecule has 1 aromatic carbocycles. The molecule has 1 fully saturated rings. The molecule has 0 radical (unpaired) electrons. The first-order chi connectivity index (χ1) is 9.66. The number of para-hydroxylation sites is 2. The minimum absolute atomic E-state index is 0.0271. The number of nitrogens with one attached hydrogen (secondary N) is 2. The smallest absolute Gasteiger partial charge is 0.262 e. The maximum atomic E-state index is 12.2. The van der Waals surface area contributed by atoms with Crippen molar-refractivity contribution in [1.29, 1.82) is 0 Å². The molecule has 2 unspecified atom stereocenters. The first-order valence-corrected chi connectivity index (χ1v) is 8.06. The van der Waals surface area contributed by atoms with Gasteiger partial charge >= 0.3 is 0 Å². The number of rotatable bonds is 3. The van der Waals surface area contributed by atoms with E-state index in [1.807, 2.05) is 36.0 Å². The normalized spacial score (nSPS) is 28.1. The summed E-state index contributed by atoms with van der Waals surface area (Å²) >= 11 is 1.95. The van der Waals surface area contributed by atoms with Crippen molar-refractivity contribution in [1.82, 2.24) is 5.32 Å². The van der Waals surface area contributed by atoms with Crippen molar-refractivity contribution >= 4 is 23.4 Å². The van der Waals surface area contributed by atoms with Crippen molar-refractivity contribution in [2.75, 3.05) is 24.2 Å². The van der Waals surface area contributed by atoms with E-state index in [1.54, 1.807) is 0 Å². The molecular weight excluding hydrogens is 272 g/mol. The SMILES string of the molecule is CC1(CNC(=O)C2CNc3ccccc3O2)CCCS1. The van der Waals surface area contributed by atoms with Crippen molar-refractivity contribution in [3.63, 3.8) is 0 Å². The van der Waals surface area contributed by atoms with Crippen LogP contribution in [0.3, 0.4) is 0 Å². The lowest BCUT2D eigenvalue weighted by Crippen LogP contribution is -2.47. The first kappa shape index (κ1) is 13.6. The zero-order valence-electron chi connectivity index (χ0n) is 11.6. The van der Waals surface area contributed by atoms with Gasteiger partial charge in [-0.25, -0.2) is 0 Å². The molecule has 0 spiro atoms. The van der Waals surface area contributed by atoms with Gasteiger partial charge in [-0.3, -0.25) is 4.79 Å². The third-order valence-corrected chi connectivity index (χ3v) is 5.40. The van der Waals surface area contributed by atoms with Crippen LogP contribution in [0.1, 0.15) is 19.8 Å². The van der Waals surface area contributed by atoms with Crippen LogP contribution in [0.5, 0.6) is 5.75 Å². The van der Waals surface area contributed by atoms with Crippen LogP contribution in [-0.4, -0.2) is 35.6 Å². The molecule has 4 nitrogen and oxygen atoms in total. The van der Waals surface area contributed by atoms with E-state index in [-0.39, 0.29) is 10.7 Å². The number of benzene rings is 1. The Morgan fingerprint density at radius 3 is 3.20 bits per heavy atom. The molecule has 0 aliphatic carbocycles. The highest BCUT2D eigenvalue weighted by Crippen LogP contribution is 2.37. The van der Waals surface area contributed by atoms with E-state index in [0.29, 0.717) is 6.54 Å². The van der Waals surface area contributed by atoms with Gasteiger partial charge in [0, 0.05) is 11.3 Å². The fourth-order valence-electron chi connectivity index (χ4n) is 2.62. The quantitative estimate of drug-likeness (QED) is 0.897. The number of fused-ring (bicyclic) bond motifs is 1. The molecule has 2 aliphatic heterocycles. The molecule has 20 heavy (non-hydrogen) atoms. The largest absolute Gasteiger partial charge is 0.477 e. The summed E-state index contributed by atoms with van der Waals surface area (Å²) in [6, 6.07) is 7.71. The molecule has 1 aromatic rings. The Morgan fingerprint density at radius 1 is 1.55 bits per heavy atom. The topological polar surface area (TPSA) is 50.4 Å². The minimum atomic E-state index is -0.445. The lowest BCUT2D eigenvalue weighted by Gasteiger charge is -2.28. The molecule has 5 heteroatoms. The van der Waals surface area contributed by atoms with Crippen molar-refractivity contribution < 1.29 is 9.53 Å². The standard InChI is InChI=1S/C15H20N2O2S/c1-15(7-4-8-20-15)10-17-14(18)13-9-16-11-5-2-3-6-12(11)19-13/h2-3,5-6,13,16H,4,7-10H2,1H3,(H,17,18). The Bertz CT molecular complexity index is 500. The average Bonchev–Trinajstić information content (AvgIpc) is 2.91. The second-order valence-electron chi connectivity index (χ2n) is 5.60. The lowest BCUT2D eigenvalue weighted by molar-refractivity contribution is -0.127. The Labute approximate surface area is 123 Å². The van der Waals surface area contributed by atoms with Gasteiger partial charge in [-0.15, -0.1) is 0 Å². The molecule has 1 saturated heterocycles. The molecule has 0 saturated carbocycles. The molecule has 0 bridgehead atoms. The zero-order chi connectivity index (χ0) is 14.0. The third-order valence-electron chi connectivity index (χ3n) is 3.86. The number of amides is 1. The molecular formula is C15H20N2O2S. The Balaban J connectivity index is 1.56. The van der Waals surface area contributed by atoms with Crippen LogP contribution in [0.4, 0.5) is 5.69 Å².